The van der Waals surface area contributed by atoms with Crippen LogP contribution in [-0.2, 0) is 10.0 Å². The molecular formula is C9H17N3O2S. The van der Waals surface area contributed by atoms with E-state index in [1.165, 1.54) is 12.8 Å². The Bertz CT molecular complexity index is 328. The van der Waals surface area contributed by atoms with Gasteiger partial charge in [-0.2, -0.15) is 5.26 Å². The van der Waals surface area contributed by atoms with Crippen molar-refractivity contribution in [2.24, 2.45) is 0 Å². The van der Waals surface area contributed by atoms with Crippen LogP contribution in [0.25, 0.3) is 0 Å². The molecule has 0 radical (unpaired) electrons. The van der Waals surface area contributed by atoms with E-state index >= 15 is 0 Å². The molecule has 1 heterocycles. The first kappa shape index (κ1) is 12.4. The number of nitrogens with zero attached hydrogens (tertiary/aromatic N) is 2. The smallest absolute Gasteiger partial charge is 0.225 e. The fourth-order valence-electron chi connectivity index (χ4n) is 1.70. The van der Waals surface area contributed by atoms with Gasteiger partial charge in [0.15, 0.2) is 5.75 Å². The van der Waals surface area contributed by atoms with Crippen molar-refractivity contribution < 1.29 is 8.42 Å². The van der Waals surface area contributed by atoms with Gasteiger partial charge in [-0.3, -0.25) is 4.90 Å². The van der Waals surface area contributed by atoms with Gasteiger partial charge in [0, 0.05) is 12.6 Å². The van der Waals surface area contributed by atoms with Gasteiger partial charge >= 0.3 is 0 Å². The number of likely N-dealkylation sites (tertiary alicyclic amines) is 1. The maximum absolute atomic E-state index is 11.2. The van der Waals surface area contributed by atoms with Crippen LogP contribution in [-0.4, -0.2) is 44.7 Å². The Labute approximate surface area is 91.1 Å². The number of sulfonamides is 1. The van der Waals surface area contributed by atoms with Crippen molar-refractivity contribution in [3.05, 3.63) is 0 Å². The lowest BCUT2D eigenvalue weighted by atomic mass is 10.3. The third kappa shape index (κ3) is 4.16. The Morgan fingerprint density at radius 1 is 1.47 bits per heavy atom. The summed E-state index contributed by atoms with van der Waals surface area (Å²) in [5, 5.41) is 8.30. The largest absolute Gasteiger partial charge is 0.299 e. The minimum Gasteiger partial charge on any atom is -0.299 e. The van der Waals surface area contributed by atoms with Crippen LogP contribution in [0, 0.1) is 11.3 Å². The molecule has 0 aliphatic carbocycles. The molecule has 1 atom stereocenters. The maximum Gasteiger partial charge on any atom is 0.225 e. The molecule has 0 aromatic heterocycles. The molecule has 1 fully saturated rings. The first-order chi connectivity index (χ1) is 7.05. The average molecular weight is 231 g/mol. The predicted octanol–water partition coefficient (Wildman–Crippen LogP) is -0.0863. The van der Waals surface area contributed by atoms with E-state index in [2.05, 4.69) is 9.62 Å². The van der Waals surface area contributed by atoms with E-state index in [4.69, 9.17) is 5.26 Å². The van der Waals surface area contributed by atoms with Crippen molar-refractivity contribution >= 4 is 10.0 Å². The molecule has 0 bridgehead atoms. The summed E-state index contributed by atoms with van der Waals surface area (Å²) in [6.45, 7) is 4.48. The minimum absolute atomic E-state index is 0.209. The van der Waals surface area contributed by atoms with E-state index in [9.17, 15) is 8.42 Å². The SMILES string of the molecule is CC(CNS(=O)(=O)CC#N)N1CCCC1. The fourth-order valence-corrected chi connectivity index (χ4v) is 2.46. The zero-order valence-electron chi connectivity index (χ0n) is 8.94. The molecule has 0 saturated carbocycles. The van der Waals surface area contributed by atoms with Gasteiger partial charge in [-0.15, -0.1) is 0 Å². The fraction of sp³-hybridized carbons (Fsp3) is 0.889. The highest BCUT2D eigenvalue weighted by Gasteiger charge is 2.19. The lowest BCUT2D eigenvalue weighted by molar-refractivity contribution is 0.260. The highest BCUT2D eigenvalue weighted by Crippen LogP contribution is 2.10. The normalized spacial score (nSPS) is 20.0. The summed E-state index contributed by atoms with van der Waals surface area (Å²) in [6.07, 6.45) is 2.38. The summed E-state index contributed by atoms with van der Waals surface area (Å²) in [5.41, 5.74) is 0. The molecule has 0 amide bonds. The van der Waals surface area contributed by atoms with Crippen LogP contribution in [0.4, 0.5) is 0 Å². The average Bonchev–Trinajstić information content (AvgIpc) is 2.67. The van der Waals surface area contributed by atoms with E-state index in [-0.39, 0.29) is 6.04 Å². The van der Waals surface area contributed by atoms with Gasteiger partial charge in [-0.25, -0.2) is 13.1 Å². The Balaban J connectivity index is 2.33. The van der Waals surface area contributed by atoms with Gasteiger partial charge in [-0.05, 0) is 32.9 Å². The molecule has 1 saturated heterocycles. The summed E-state index contributed by atoms with van der Waals surface area (Å²) in [6, 6.07) is 1.85. The summed E-state index contributed by atoms with van der Waals surface area (Å²) in [4.78, 5) is 2.26. The van der Waals surface area contributed by atoms with Crippen LogP contribution in [0.5, 0.6) is 0 Å². The summed E-state index contributed by atoms with van der Waals surface area (Å²) >= 11 is 0. The van der Waals surface area contributed by atoms with Gasteiger partial charge in [0.2, 0.25) is 10.0 Å². The highest BCUT2D eigenvalue weighted by atomic mass is 32.2. The van der Waals surface area contributed by atoms with Crippen molar-refractivity contribution in [1.82, 2.24) is 9.62 Å². The molecule has 6 heteroatoms. The van der Waals surface area contributed by atoms with Crippen molar-refractivity contribution in [2.75, 3.05) is 25.4 Å². The zero-order chi connectivity index (χ0) is 11.3. The quantitative estimate of drug-likeness (QED) is 0.718. The van der Waals surface area contributed by atoms with E-state index in [1.807, 2.05) is 6.92 Å². The zero-order valence-corrected chi connectivity index (χ0v) is 9.76. The number of rotatable bonds is 5. The number of hydrogen-bond acceptors (Lipinski definition) is 4. The molecule has 1 aliphatic rings. The summed E-state index contributed by atoms with van der Waals surface area (Å²) < 4.78 is 24.8. The molecular weight excluding hydrogens is 214 g/mol. The molecule has 0 aromatic rings. The first-order valence-electron chi connectivity index (χ1n) is 5.13. The maximum atomic E-state index is 11.2. The topological polar surface area (TPSA) is 73.2 Å². The molecule has 15 heavy (non-hydrogen) atoms. The Morgan fingerprint density at radius 3 is 2.60 bits per heavy atom. The molecule has 0 spiro atoms. The molecule has 1 rings (SSSR count). The van der Waals surface area contributed by atoms with Gasteiger partial charge < -0.3 is 0 Å². The Hall–Kier alpha value is -0.640. The summed E-state index contributed by atoms with van der Waals surface area (Å²) in [7, 11) is -3.39. The van der Waals surface area contributed by atoms with E-state index in [0.717, 1.165) is 13.1 Å². The third-order valence-electron chi connectivity index (χ3n) is 2.62. The van der Waals surface area contributed by atoms with Crippen molar-refractivity contribution in [1.29, 1.82) is 5.26 Å². The van der Waals surface area contributed by atoms with Crippen LogP contribution in [0.2, 0.25) is 0 Å². The van der Waals surface area contributed by atoms with Gasteiger partial charge in [-0.1, -0.05) is 0 Å². The number of nitrogens with one attached hydrogen (secondary N) is 1. The Morgan fingerprint density at radius 2 is 2.07 bits per heavy atom. The number of nitriles is 1. The molecule has 1 unspecified atom stereocenters. The van der Waals surface area contributed by atoms with E-state index < -0.39 is 15.8 Å². The second-order valence-electron chi connectivity index (χ2n) is 3.86. The van der Waals surface area contributed by atoms with Crippen LogP contribution in [0.1, 0.15) is 19.8 Å². The second-order valence-corrected chi connectivity index (χ2v) is 5.66. The summed E-state index contributed by atoms with van der Waals surface area (Å²) in [5.74, 6) is -0.459. The monoisotopic (exact) mass is 231 g/mol. The second kappa shape index (κ2) is 5.45. The van der Waals surface area contributed by atoms with Crippen LogP contribution in [0.15, 0.2) is 0 Å². The van der Waals surface area contributed by atoms with Gasteiger partial charge in [0.25, 0.3) is 0 Å². The minimum atomic E-state index is -3.39. The molecule has 86 valence electrons. The third-order valence-corrected chi connectivity index (χ3v) is 3.73. The van der Waals surface area contributed by atoms with Crippen LogP contribution in [0.3, 0.4) is 0 Å². The van der Waals surface area contributed by atoms with Crippen LogP contribution < -0.4 is 4.72 Å². The predicted molar refractivity (Wildman–Crippen MR) is 57.7 cm³/mol. The molecule has 1 N–H and O–H groups in total. The standard InChI is InChI=1S/C9H17N3O2S/c1-9(12-5-2-3-6-12)8-11-15(13,14)7-4-10/h9,11H,2-3,5-8H2,1H3. The molecule has 1 aliphatic heterocycles. The Kier molecular flexibility index (Phi) is 4.51. The first-order valence-corrected chi connectivity index (χ1v) is 6.79. The van der Waals surface area contributed by atoms with Crippen molar-refractivity contribution in [3.63, 3.8) is 0 Å². The molecule has 0 aromatic carbocycles. The van der Waals surface area contributed by atoms with E-state index in [1.54, 1.807) is 6.07 Å². The highest BCUT2D eigenvalue weighted by molar-refractivity contribution is 7.89. The van der Waals surface area contributed by atoms with E-state index in [0.29, 0.717) is 6.54 Å². The number of hydrogen-bond donors (Lipinski definition) is 1. The lowest BCUT2D eigenvalue weighted by Gasteiger charge is -2.23. The lowest BCUT2D eigenvalue weighted by Crippen LogP contribution is -2.41. The van der Waals surface area contributed by atoms with Crippen LogP contribution >= 0.6 is 0 Å². The van der Waals surface area contributed by atoms with Gasteiger partial charge in [0.1, 0.15) is 0 Å². The molecule has 5 nitrogen and oxygen atoms in total. The van der Waals surface area contributed by atoms with Gasteiger partial charge in [0.05, 0.1) is 6.07 Å². The van der Waals surface area contributed by atoms with Crippen molar-refractivity contribution in [2.45, 2.75) is 25.8 Å². The van der Waals surface area contributed by atoms with Crippen molar-refractivity contribution in [3.8, 4) is 6.07 Å².